The Morgan fingerprint density at radius 2 is 1.71 bits per heavy atom. The van der Waals surface area contributed by atoms with Crippen LogP contribution in [0.1, 0.15) is 32.1 Å². The van der Waals surface area contributed by atoms with Crippen LogP contribution in [0.5, 0.6) is 5.75 Å². The van der Waals surface area contributed by atoms with E-state index in [1.807, 2.05) is 12.1 Å². The maximum absolute atomic E-state index is 12.8. The summed E-state index contributed by atoms with van der Waals surface area (Å²) in [5, 5.41) is 2.97. The number of hydrogen-bond donors (Lipinski definition) is 1. The zero-order valence-corrected chi connectivity index (χ0v) is 16.7. The van der Waals surface area contributed by atoms with Crippen LogP contribution in [-0.4, -0.2) is 73.7 Å². The molecule has 1 aromatic rings. The topological polar surface area (TPSA) is 65.1 Å². The number of benzene rings is 1. The third kappa shape index (κ3) is 3.68. The molecular weight excluding hydrogens is 356 g/mol. The summed E-state index contributed by atoms with van der Waals surface area (Å²) in [5.74, 6) is 0.860. The molecule has 2 heterocycles. The number of ether oxygens (including phenoxy) is 1. The van der Waals surface area contributed by atoms with Gasteiger partial charge in [0, 0.05) is 38.4 Å². The number of rotatable bonds is 5. The van der Waals surface area contributed by atoms with Gasteiger partial charge in [0.25, 0.3) is 5.91 Å². The summed E-state index contributed by atoms with van der Waals surface area (Å²) < 4.78 is 5.24. The second-order valence-corrected chi connectivity index (χ2v) is 8.06. The van der Waals surface area contributed by atoms with Gasteiger partial charge in [-0.05, 0) is 50.1 Å². The van der Waals surface area contributed by atoms with E-state index >= 15 is 0 Å². The minimum Gasteiger partial charge on any atom is -0.497 e. The fraction of sp³-hybridized carbons (Fsp3) is 0.619. The molecule has 0 atom stereocenters. The highest BCUT2D eigenvalue weighted by atomic mass is 16.5. The van der Waals surface area contributed by atoms with Crippen LogP contribution in [-0.2, 0) is 4.79 Å². The molecule has 1 aromatic carbocycles. The number of carbonyl (C=O) groups is 2. The molecule has 1 aliphatic carbocycles. The van der Waals surface area contributed by atoms with Gasteiger partial charge < -0.3 is 15.0 Å². The first-order chi connectivity index (χ1) is 13.6. The van der Waals surface area contributed by atoms with Crippen LogP contribution in [0, 0.1) is 0 Å². The van der Waals surface area contributed by atoms with Crippen LogP contribution in [0.2, 0.25) is 0 Å². The summed E-state index contributed by atoms with van der Waals surface area (Å²) in [4.78, 5) is 31.3. The minimum atomic E-state index is -0.596. The third-order valence-corrected chi connectivity index (χ3v) is 6.37. The lowest BCUT2D eigenvalue weighted by Gasteiger charge is -2.25. The predicted octanol–water partition coefficient (Wildman–Crippen LogP) is 2.07. The van der Waals surface area contributed by atoms with Crippen LogP contribution in [0.15, 0.2) is 24.3 Å². The molecule has 1 saturated carbocycles. The smallest absolute Gasteiger partial charge is 0.325 e. The maximum atomic E-state index is 12.8. The van der Waals surface area contributed by atoms with Crippen molar-refractivity contribution in [1.82, 2.24) is 15.1 Å². The Labute approximate surface area is 166 Å². The Morgan fingerprint density at radius 3 is 2.43 bits per heavy atom. The first kappa shape index (κ1) is 19.1. The average molecular weight is 386 g/mol. The largest absolute Gasteiger partial charge is 0.497 e. The molecule has 1 spiro atoms. The zero-order chi connectivity index (χ0) is 19.6. The number of carbonyl (C=O) groups excluding carboxylic acids is 2. The van der Waals surface area contributed by atoms with Crippen LogP contribution in [0.25, 0.3) is 0 Å². The van der Waals surface area contributed by atoms with Crippen molar-refractivity contribution in [3.05, 3.63) is 24.3 Å². The van der Waals surface area contributed by atoms with Gasteiger partial charge in [-0.3, -0.25) is 14.6 Å². The third-order valence-electron chi connectivity index (χ3n) is 6.37. The number of nitrogens with one attached hydrogen (secondary N) is 1. The van der Waals surface area contributed by atoms with Crippen molar-refractivity contribution in [2.75, 3.05) is 51.3 Å². The van der Waals surface area contributed by atoms with Crippen molar-refractivity contribution in [3.8, 4) is 5.75 Å². The standard InChI is InChI=1S/C21H30N4O3/c1-28-18-7-5-17(6-8-18)24-12-4-11-23(13-15-24)14-16-25-19(26)21(22-20(25)27)9-2-3-10-21/h5-8H,2-4,9-16H2,1H3,(H,22,27). The monoisotopic (exact) mass is 386 g/mol. The van der Waals surface area contributed by atoms with Crippen LogP contribution < -0.4 is 15.0 Å². The van der Waals surface area contributed by atoms with Crippen LogP contribution >= 0.6 is 0 Å². The van der Waals surface area contributed by atoms with E-state index in [0.29, 0.717) is 6.54 Å². The van der Waals surface area contributed by atoms with E-state index in [-0.39, 0.29) is 11.9 Å². The molecule has 2 aliphatic heterocycles. The van der Waals surface area contributed by atoms with E-state index in [4.69, 9.17) is 4.74 Å². The Hall–Kier alpha value is -2.28. The highest BCUT2D eigenvalue weighted by Crippen LogP contribution is 2.34. The van der Waals surface area contributed by atoms with E-state index in [1.54, 1.807) is 7.11 Å². The molecule has 4 rings (SSSR count). The Balaban J connectivity index is 1.30. The number of methoxy groups -OCH3 is 1. The van der Waals surface area contributed by atoms with E-state index in [2.05, 4.69) is 27.2 Å². The Bertz CT molecular complexity index is 715. The van der Waals surface area contributed by atoms with E-state index in [9.17, 15) is 9.59 Å². The van der Waals surface area contributed by atoms with Gasteiger partial charge in [0.1, 0.15) is 11.3 Å². The van der Waals surface area contributed by atoms with Crippen molar-refractivity contribution in [2.24, 2.45) is 0 Å². The number of anilines is 1. The van der Waals surface area contributed by atoms with E-state index in [1.165, 1.54) is 10.6 Å². The SMILES string of the molecule is COc1ccc(N2CCCN(CCN3C(=O)NC4(CCCC4)C3=O)CC2)cc1. The average Bonchev–Trinajstić information content (AvgIpc) is 3.17. The van der Waals surface area contributed by atoms with Gasteiger partial charge in [0.2, 0.25) is 0 Å². The molecule has 3 amide bonds. The maximum Gasteiger partial charge on any atom is 0.325 e. The van der Waals surface area contributed by atoms with Crippen molar-refractivity contribution in [2.45, 2.75) is 37.6 Å². The van der Waals surface area contributed by atoms with Crippen molar-refractivity contribution < 1.29 is 14.3 Å². The molecule has 0 unspecified atom stereocenters. The van der Waals surface area contributed by atoms with Crippen molar-refractivity contribution in [3.63, 3.8) is 0 Å². The van der Waals surface area contributed by atoms with Crippen molar-refractivity contribution in [1.29, 1.82) is 0 Å². The minimum absolute atomic E-state index is 0.00955. The normalized spacial score (nSPS) is 22.6. The number of nitrogens with zero attached hydrogens (tertiary/aromatic N) is 3. The first-order valence-corrected chi connectivity index (χ1v) is 10.4. The molecule has 7 nitrogen and oxygen atoms in total. The Morgan fingerprint density at radius 1 is 0.964 bits per heavy atom. The Kier molecular flexibility index (Phi) is 5.44. The molecule has 0 bridgehead atoms. The molecule has 1 N–H and O–H groups in total. The van der Waals surface area contributed by atoms with Gasteiger partial charge in [-0.2, -0.15) is 0 Å². The molecule has 3 fully saturated rings. The van der Waals surface area contributed by atoms with Crippen LogP contribution in [0.3, 0.4) is 0 Å². The molecule has 0 aromatic heterocycles. The summed E-state index contributed by atoms with van der Waals surface area (Å²) in [6.07, 6.45) is 4.68. The van der Waals surface area contributed by atoms with Gasteiger partial charge in [0.05, 0.1) is 7.11 Å². The number of hydrogen-bond acceptors (Lipinski definition) is 5. The van der Waals surface area contributed by atoms with Crippen LogP contribution in [0.4, 0.5) is 10.5 Å². The molecule has 3 aliphatic rings. The number of imide groups is 1. The molecule has 7 heteroatoms. The molecule has 0 radical (unpaired) electrons. The summed E-state index contributed by atoms with van der Waals surface area (Å²) in [6, 6.07) is 7.98. The lowest BCUT2D eigenvalue weighted by Crippen LogP contribution is -2.45. The molecule has 152 valence electrons. The fourth-order valence-electron chi connectivity index (χ4n) is 4.68. The second-order valence-electron chi connectivity index (χ2n) is 8.06. The van der Waals surface area contributed by atoms with Gasteiger partial charge in [-0.1, -0.05) is 12.8 Å². The van der Waals surface area contributed by atoms with Gasteiger partial charge in [-0.25, -0.2) is 4.79 Å². The van der Waals surface area contributed by atoms with Gasteiger partial charge in [0.15, 0.2) is 0 Å². The molecule has 2 saturated heterocycles. The quantitative estimate of drug-likeness (QED) is 0.785. The lowest BCUT2D eigenvalue weighted by molar-refractivity contribution is -0.131. The molecule has 28 heavy (non-hydrogen) atoms. The fourth-order valence-corrected chi connectivity index (χ4v) is 4.68. The summed E-state index contributed by atoms with van der Waals surface area (Å²) in [5.41, 5.74) is 0.612. The molecular formula is C21H30N4O3. The van der Waals surface area contributed by atoms with Crippen molar-refractivity contribution >= 4 is 17.6 Å². The number of amides is 3. The van der Waals surface area contributed by atoms with Gasteiger partial charge >= 0.3 is 6.03 Å². The second kappa shape index (κ2) is 7.99. The summed E-state index contributed by atoms with van der Waals surface area (Å²) in [7, 11) is 1.68. The first-order valence-electron chi connectivity index (χ1n) is 10.4. The number of urea groups is 1. The lowest BCUT2D eigenvalue weighted by atomic mass is 9.98. The van der Waals surface area contributed by atoms with E-state index < -0.39 is 5.54 Å². The van der Waals surface area contributed by atoms with E-state index in [0.717, 1.165) is 70.6 Å². The van der Waals surface area contributed by atoms with Gasteiger partial charge in [-0.15, -0.1) is 0 Å². The highest BCUT2D eigenvalue weighted by molar-refractivity contribution is 6.07. The predicted molar refractivity (Wildman–Crippen MR) is 108 cm³/mol. The summed E-state index contributed by atoms with van der Waals surface area (Å²) >= 11 is 0. The summed E-state index contributed by atoms with van der Waals surface area (Å²) in [6.45, 7) is 5.09. The zero-order valence-electron chi connectivity index (χ0n) is 16.7. The highest BCUT2D eigenvalue weighted by Gasteiger charge is 2.52.